The first-order valence-corrected chi connectivity index (χ1v) is 8.14. The Labute approximate surface area is 140 Å². The number of rotatable bonds is 5. The Balaban J connectivity index is 1.63. The summed E-state index contributed by atoms with van der Waals surface area (Å²) in [5.41, 5.74) is 1.77. The van der Waals surface area contributed by atoms with Crippen molar-refractivity contribution in [2.45, 2.75) is 38.4 Å². The van der Waals surface area contributed by atoms with Gasteiger partial charge in [-0.1, -0.05) is 30.3 Å². The lowest BCUT2D eigenvalue weighted by molar-refractivity contribution is -0.0442. The molecule has 1 aliphatic heterocycles. The molecule has 2 N–H and O–H groups in total. The predicted octanol–water partition coefficient (Wildman–Crippen LogP) is 3.21. The van der Waals surface area contributed by atoms with Crippen molar-refractivity contribution in [2.24, 2.45) is 0 Å². The SMILES string of the molecule is Cc1c(NC[C@H]2CCC[C@@H](c3ccccc3)O2)ncnc1C(=O)O. The van der Waals surface area contributed by atoms with Crippen molar-refractivity contribution in [3.05, 3.63) is 53.5 Å². The second kappa shape index (κ2) is 7.40. The quantitative estimate of drug-likeness (QED) is 0.877. The summed E-state index contributed by atoms with van der Waals surface area (Å²) >= 11 is 0. The summed E-state index contributed by atoms with van der Waals surface area (Å²) < 4.78 is 6.19. The Morgan fingerprint density at radius 1 is 1.29 bits per heavy atom. The first kappa shape index (κ1) is 16.4. The molecular formula is C18H21N3O3. The van der Waals surface area contributed by atoms with Crippen molar-refractivity contribution in [1.82, 2.24) is 9.97 Å². The third kappa shape index (κ3) is 3.71. The Kier molecular flexibility index (Phi) is 5.05. The first-order valence-electron chi connectivity index (χ1n) is 8.14. The van der Waals surface area contributed by atoms with Crippen LogP contribution < -0.4 is 5.32 Å². The van der Waals surface area contributed by atoms with Gasteiger partial charge in [-0.25, -0.2) is 14.8 Å². The van der Waals surface area contributed by atoms with Crippen molar-refractivity contribution in [3.63, 3.8) is 0 Å². The van der Waals surface area contributed by atoms with Crippen LogP contribution in [0.15, 0.2) is 36.7 Å². The third-order valence-corrected chi connectivity index (χ3v) is 4.30. The van der Waals surface area contributed by atoms with Crippen LogP contribution in [0.25, 0.3) is 0 Å². The molecule has 2 atom stereocenters. The highest BCUT2D eigenvalue weighted by molar-refractivity contribution is 5.88. The number of carbonyl (C=O) groups is 1. The van der Waals surface area contributed by atoms with Gasteiger partial charge in [0, 0.05) is 12.1 Å². The van der Waals surface area contributed by atoms with E-state index in [0.29, 0.717) is 17.9 Å². The molecule has 0 unspecified atom stereocenters. The van der Waals surface area contributed by atoms with Crippen LogP contribution in [0.5, 0.6) is 0 Å². The maximum Gasteiger partial charge on any atom is 0.354 e. The van der Waals surface area contributed by atoms with Gasteiger partial charge in [0.2, 0.25) is 0 Å². The first-order chi connectivity index (χ1) is 11.6. The average Bonchev–Trinajstić information content (AvgIpc) is 2.61. The Bertz CT molecular complexity index is 706. The fraction of sp³-hybridized carbons (Fsp3) is 0.389. The monoisotopic (exact) mass is 327 g/mol. The van der Waals surface area contributed by atoms with Crippen molar-refractivity contribution in [2.75, 3.05) is 11.9 Å². The zero-order valence-electron chi connectivity index (χ0n) is 13.6. The summed E-state index contributed by atoms with van der Waals surface area (Å²) in [6, 6.07) is 10.2. The van der Waals surface area contributed by atoms with E-state index in [1.165, 1.54) is 11.9 Å². The number of carboxylic acids is 1. The van der Waals surface area contributed by atoms with Crippen LogP contribution >= 0.6 is 0 Å². The highest BCUT2D eigenvalue weighted by Gasteiger charge is 2.24. The minimum atomic E-state index is -1.05. The lowest BCUT2D eigenvalue weighted by Gasteiger charge is -2.30. The molecule has 0 bridgehead atoms. The second-order valence-electron chi connectivity index (χ2n) is 5.97. The Morgan fingerprint density at radius 3 is 2.83 bits per heavy atom. The zero-order valence-corrected chi connectivity index (χ0v) is 13.6. The molecule has 2 heterocycles. The molecule has 0 saturated carbocycles. The van der Waals surface area contributed by atoms with E-state index in [1.807, 2.05) is 18.2 Å². The molecule has 1 fully saturated rings. The molecule has 0 aliphatic carbocycles. The van der Waals surface area contributed by atoms with E-state index in [2.05, 4.69) is 27.4 Å². The van der Waals surface area contributed by atoms with Crippen molar-refractivity contribution >= 4 is 11.8 Å². The van der Waals surface area contributed by atoms with Gasteiger partial charge >= 0.3 is 5.97 Å². The minimum absolute atomic E-state index is 0.0271. The molecule has 0 radical (unpaired) electrons. The Morgan fingerprint density at radius 2 is 2.08 bits per heavy atom. The smallest absolute Gasteiger partial charge is 0.354 e. The van der Waals surface area contributed by atoms with E-state index in [9.17, 15) is 4.79 Å². The average molecular weight is 327 g/mol. The van der Waals surface area contributed by atoms with Gasteiger partial charge in [-0.3, -0.25) is 0 Å². The number of ether oxygens (including phenoxy) is 1. The van der Waals surface area contributed by atoms with Gasteiger partial charge in [0.05, 0.1) is 12.2 Å². The van der Waals surface area contributed by atoms with Crippen molar-refractivity contribution in [3.8, 4) is 0 Å². The topological polar surface area (TPSA) is 84.3 Å². The van der Waals surface area contributed by atoms with Crippen LogP contribution in [0.4, 0.5) is 5.82 Å². The molecule has 3 rings (SSSR count). The van der Waals surface area contributed by atoms with Crippen LogP contribution in [0, 0.1) is 6.92 Å². The van der Waals surface area contributed by atoms with E-state index in [1.54, 1.807) is 6.92 Å². The standard InChI is InChI=1S/C18H21N3O3/c1-12-16(18(22)23)20-11-21-17(12)19-10-14-8-5-9-15(24-14)13-6-3-2-4-7-13/h2-4,6-7,11,14-15H,5,8-10H2,1H3,(H,22,23)(H,19,20,21)/t14-,15+/m1/s1. The van der Waals surface area contributed by atoms with Gasteiger partial charge in [0.15, 0.2) is 5.69 Å². The summed E-state index contributed by atoms with van der Waals surface area (Å²) in [4.78, 5) is 19.1. The molecule has 1 aliphatic rings. The number of hydrogen-bond acceptors (Lipinski definition) is 5. The normalized spacial score (nSPS) is 20.5. The van der Waals surface area contributed by atoms with Gasteiger partial charge < -0.3 is 15.2 Å². The third-order valence-electron chi connectivity index (χ3n) is 4.30. The second-order valence-corrected chi connectivity index (χ2v) is 5.97. The molecule has 126 valence electrons. The fourth-order valence-electron chi connectivity index (χ4n) is 3.02. The molecule has 0 amide bonds. The van der Waals surface area contributed by atoms with Crippen LogP contribution in [0.3, 0.4) is 0 Å². The molecule has 2 aromatic rings. The number of hydrogen-bond donors (Lipinski definition) is 2. The van der Waals surface area contributed by atoms with E-state index in [-0.39, 0.29) is 17.9 Å². The van der Waals surface area contributed by atoms with Crippen molar-refractivity contribution in [1.29, 1.82) is 0 Å². The molecule has 6 heteroatoms. The van der Waals surface area contributed by atoms with Crippen LogP contribution in [-0.4, -0.2) is 33.7 Å². The number of benzene rings is 1. The fourth-order valence-corrected chi connectivity index (χ4v) is 3.02. The van der Waals surface area contributed by atoms with E-state index < -0.39 is 5.97 Å². The van der Waals surface area contributed by atoms with E-state index in [4.69, 9.17) is 9.84 Å². The van der Waals surface area contributed by atoms with Gasteiger partial charge in [0.25, 0.3) is 0 Å². The summed E-state index contributed by atoms with van der Waals surface area (Å²) in [5, 5.41) is 12.3. The molecule has 0 spiro atoms. The number of aromatic nitrogens is 2. The van der Waals surface area contributed by atoms with Gasteiger partial charge in [0.1, 0.15) is 12.1 Å². The maximum absolute atomic E-state index is 11.1. The molecule has 1 saturated heterocycles. The number of anilines is 1. The molecular weight excluding hydrogens is 306 g/mol. The van der Waals surface area contributed by atoms with Gasteiger partial charge in [-0.2, -0.15) is 0 Å². The number of aromatic carboxylic acids is 1. The summed E-state index contributed by atoms with van der Waals surface area (Å²) in [6.07, 6.45) is 4.57. The molecule has 24 heavy (non-hydrogen) atoms. The van der Waals surface area contributed by atoms with Gasteiger partial charge in [-0.05, 0) is 31.7 Å². The predicted molar refractivity (Wildman–Crippen MR) is 90.1 cm³/mol. The largest absolute Gasteiger partial charge is 0.476 e. The van der Waals surface area contributed by atoms with Crippen LogP contribution in [-0.2, 0) is 4.74 Å². The lowest BCUT2D eigenvalue weighted by atomic mass is 9.98. The minimum Gasteiger partial charge on any atom is -0.476 e. The molecule has 1 aromatic heterocycles. The summed E-state index contributed by atoms with van der Waals surface area (Å²) in [7, 11) is 0. The van der Waals surface area contributed by atoms with Gasteiger partial charge in [-0.15, -0.1) is 0 Å². The number of nitrogens with one attached hydrogen (secondary N) is 1. The molecule has 6 nitrogen and oxygen atoms in total. The highest BCUT2D eigenvalue weighted by Crippen LogP contribution is 2.31. The summed E-state index contributed by atoms with van der Waals surface area (Å²) in [5.74, 6) is -0.496. The number of carboxylic acid groups (broad SMARTS) is 1. The molecule has 1 aromatic carbocycles. The Hall–Kier alpha value is -2.47. The van der Waals surface area contributed by atoms with Crippen molar-refractivity contribution < 1.29 is 14.6 Å². The zero-order chi connectivity index (χ0) is 16.9. The maximum atomic E-state index is 11.1. The highest BCUT2D eigenvalue weighted by atomic mass is 16.5. The lowest BCUT2D eigenvalue weighted by Crippen LogP contribution is -2.29. The summed E-state index contributed by atoms with van der Waals surface area (Å²) in [6.45, 7) is 2.31. The van der Waals surface area contributed by atoms with E-state index in [0.717, 1.165) is 19.3 Å². The van der Waals surface area contributed by atoms with Crippen LogP contribution in [0.2, 0.25) is 0 Å². The van der Waals surface area contributed by atoms with Crippen LogP contribution in [0.1, 0.15) is 47.0 Å². The number of nitrogens with zero attached hydrogens (tertiary/aromatic N) is 2. The van der Waals surface area contributed by atoms with E-state index >= 15 is 0 Å².